The highest BCUT2D eigenvalue weighted by Gasteiger charge is 2.17. The molecule has 5 nitrogen and oxygen atoms in total. The maximum Gasteiger partial charge on any atom is 0.313 e. The van der Waals surface area contributed by atoms with Gasteiger partial charge in [-0.25, -0.2) is 13.6 Å². The number of carbonyl (C=O) groups excluding carboxylic acids is 1. The summed E-state index contributed by atoms with van der Waals surface area (Å²) in [5.41, 5.74) is 1.58. The van der Waals surface area contributed by atoms with Gasteiger partial charge in [-0.3, -0.25) is 4.79 Å². The second kappa shape index (κ2) is 6.72. The monoisotopic (exact) mass is 319 g/mol. The molecule has 2 aromatic carbocycles. The van der Waals surface area contributed by atoms with Gasteiger partial charge >= 0.3 is 5.97 Å². The van der Waals surface area contributed by atoms with Gasteiger partial charge in [0.1, 0.15) is 6.61 Å². The van der Waals surface area contributed by atoms with Crippen LogP contribution in [0.15, 0.2) is 59.5 Å². The smallest absolute Gasteiger partial charge is 0.313 e. The van der Waals surface area contributed by atoms with E-state index >= 15 is 0 Å². The number of sulfonamides is 1. The first-order valence-corrected chi connectivity index (χ1v) is 8.26. The van der Waals surface area contributed by atoms with Gasteiger partial charge in [-0.1, -0.05) is 42.5 Å². The molecule has 0 radical (unpaired) electrons. The van der Waals surface area contributed by atoms with Crippen molar-refractivity contribution in [3.8, 4) is 0 Å². The second-order valence-electron chi connectivity index (χ2n) is 4.93. The molecular formula is C16H17NO4S. The SMILES string of the molecule is CC(C(=O)OCc1ccccc1)c1ccc(S(N)(=O)=O)cc1. The lowest BCUT2D eigenvalue weighted by molar-refractivity contribution is -0.146. The van der Waals surface area contributed by atoms with Crippen molar-refractivity contribution >= 4 is 16.0 Å². The number of hydrogen-bond acceptors (Lipinski definition) is 4. The molecule has 1 atom stereocenters. The van der Waals surface area contributed by atoms with E-state index in [4.69, 9.17) is 9.88 Å². The summed E-state index contributed by atoms with van der Waals surface area (Å²) >= 11 is 0. The molecule has 0 aromatic heterocycles. The number of carbonyl (C=O) groups is 1. The molecule has 2 aromatic rings. The highest BCUT2D eigenvalue weighted by molar-refractivity contribution is 7.89. The molecule has 2 N–H and O–H groups in total. The molecule has 0 amide bonds. The molecule has 6 heteroatoms. The Hall–Kier alpha value is -2.18. The molecular weight excluding hydrogens is 302 g/mol. The van der Waals surface area contributed by atoms with Crippen LogP contribution in [-0.2, 0) is 26.2 Å². The number of hydrogen-bond donors (Lipinski definition) is 1. The minimum Gasteiger partial charge on any atom is -0.460 e. The van der Waals surface area contributed by atoms with E-state index in [2.05, 4.69) is 0 Å². The zero-order valence-electron chi connectivity index (χ0n) is 12.1. The summed E-state index contributed by atoms with van der Waals surface area (Å²) < 4.78 is 27.6. The average molecular weight is 319 g/mol. The fourth-order valence-corrected chi connectivity index (χ4v) is 2.45. The number of nitrogens with two attached hydrogens (primary N) is 1. The Balaban J connectivity index is 2.01. The van der Waals surface area contributed by atoms with Crippen LogP contribution >= 0.6 is 0 Å². The van der Waals surface area contributed by atoms with Crippen molar-refractivity contribution in [1.82, 2.24) is 0 Å². The van der Waals surface area contributed by atoms with Gasteiger partial charge in [-0.15, -0.1) is 0 Å². The largest absolute Gasteiger partial charge is 0.460 e. The number of benzene rings is 2. The van der Waals surface area contributed by atoms with E-state index in [0.717, 1.165) is 5.56 Å². The lowest BCUT2D eigenvalue weighted by atomic mass is 10.0. The quantitative estimate of drug-likeness (QED) is 0.856. The van der Waals surface area contributed by atoms with Crippen molar-refractivity contribution in [2.24, 2.45) is 5.14 Å². The predicted molar refractivity (Wildman–Crippen MR) is 82.5 cm³/mol. The maximum absolute atomic E-state index is 12.0. The van der Waals surface area contributed by atoms with Gasteiger partial charge in [0, 0.05) is 0 Å². The average Bonchev–Trinajstić information content (AvgIpc) is 2.52. The molecule has 0 aliphatic heterocycles. The van der Waals surface area contributed by atoms with Crippen LogP contribution in [0.1, 0.15) is 24.0 Å². The molecule has 0 bridgehead atoms. The first kappa shape index (κ1) is 16.2. The third kappa shape index (κ3) is 4.16. The Labute approximate surface area is 129 Å². The molecule has 22 heavy (non-hydrogen) atoms. The highest BCUT2D eigenvalue weighted by Crippen LogP contribution is 2.19. The molecule has 0 saturated carbocycles. The summed E-state index contributed by atoms with van der Waals surface area (Å²) in [4.78, 5) is 12.0. The summed E-state index contributed by atoms with van der Waals surface area (Å²) in [7, 11) is -3.73. The van der Waals surface area contributed by atoms with Crippen molar-refractivity contribution in [2.75, 3.05) is 0 Å². The van der Waals surface area contributed by atoms with Crippen LogP contribution < -0.4 is 5.14 Å². The Morgan fingerprint density at radius 2 is 1.68 bits per heavy atom. The van der Waals surface area contributed by atoms with Gasteiger partial charge < -0.3 is 4.74 Å². The van der Waals surface area contributed by atoms with Crippen LogP contribution in [0.25, 0.3) is 0 Å². The van der Waals surface area contributed by atoms with Crippen LogP contribution in [0.2, 0.25) is 0 Å². The zero-order chi connectivity index (χ0) is 16.2. The van der Waals surface area contributed by atoms with Crippen molar-refractivity contribution in [3.05, 3.63) is 65.7 Å². The normalized spacial score (nSPS) is 12.6. The van der Waals surface area contributed by atoms with E-state index in [1.807, 2.05) is 30.3 Å². The third-order valence-corrected chi connectivity index (χ3v) is 4.22. The molecule has 0 heterocycles. The maximum atomic E-state index is 12.0. The van der Waals surface area contributed by atoms with Gasteiger partial charge in [-0.05, 0) is 30.2 Å². The predicted octanol–water partition coefficient (Wildman–Crippen LogP) is 2.18. The van der Waals surface area contributed by atoms with E-state index in [1.165, 1.54) is 12.1 Å². The molecule has 0 saturated heterocycles. The van der Waals surface area contributed by atoms with Crippen molar-refractivity contribution in [1.29, 1.82) is 0 Å². The summed E-state index contributed by atoms with van der Waals surface area (Å²) in [5.74, 6) is -0.856. The number of primary sulfonamides is 1. The Morgan fingerprint density at radius 1 is 1.09 bits per heavy atom. The topological polar surface area (TPSA) is 86.5 Å². The number of rotatable bonds is 5. The van der Waals surface area contributed by atoms with E-state index < -0.39 is 15.9 Å². The first-order chi connectivity index (χ1) is 10.4. The van der Waals surface area contributed by atoms with Gasteiger partial charge in [0.25, 0.3) is 0 Å². The van der Waals surface area contributed by atoms with Gasteiger partial charge in [-0.2, -0.15) is 0 Å². The molecule has 0 aliphatic rings. The number of ether oxygens (including phenoxy) is 1. The van der Waals surface area contributed by atoms with Crippen LogP contribution in [0.3, 0.4) is 0 Å². The van der Waals surface area contributed by atoms with Crippen LogP contribution in [-0.4, -0.2) is 14.4 Å². The van der Waals surface area contributed by atoms with E-state index in [-0.39, 0.29) is 17.5 Å². The van der Waals surface area contributed by atoms with Crippen LogP contribution in [0.4, 0.5) is 0 Å². The van der Waals surface area contributed by atoms with Gasteiger partial charge in [0.2, 0.25) is 10.0 Å². The first-order valence-electron chi connectivity index (χ1n) is 6.71. The van der Waals surface area contributed by atoms with Crippen molar-refractivity contribution in [3.63, 3.8) is 0 Å². The second-order valence-corrected chi connectivity index (χ2v) is 6.49. The molecule has 116 valence electrons. The lowest BCUT2D eigenvalue weighted by Gasteiger charge is -2.12. The van der Waals surface area contributed by atoms with Crippen molar-refractivity contribution in [2.45, 2.75) is 24.3 Å². The summed E-state index contributed by atoms with van der Waals surface area (Å²) in [6, 6.07) is 15.3. The van der Waals surface area contributed by atoms with Gasteiger partial charge in [0.05, 0.1) is 10.8 Å². The van der Waals surface area contributed by atoms with E-state index in [0.29, 0.717) is 5.56 Å². The fraction of sp³-hybridized carbons (Fsp3) is 0.188. The summed E-state index contributed by atoms with van der Waals surface area (Å²) in [5, 5.41) is 5.04. The molecule has 0 aliphatic carbocycles. The summed E-state index contributed by atoms with van der Waals surface area (Å²) in [6.45, 7) is 1.92. The lowest BCUT2D eigenvalue weighted by Crippen LogP contribution is -2.14. The Kier molecular flexibility index (Phi) is 4.95. The Morgan fingerprint density at radius 3 is 2.23 bits per heavy atom. The molecule has 1 unspecified atom stereocenters. The highest BCUT2D eigenvalue weighted by atomic mass is 32.2. The Bertz CT molecular complexity index is 739. The van der Waals surface area contributed by atoms with Crippen LogP contribution in [0.5, 0.6) is 0 Å². The zero-order valence-corrected chi connectivity index (χ0v) is 12.9. The van der Waals surface area contributed by atoms with Gasteiger partial charge in [0.15, 0.2) is 0 Å². The molecule has 2 rings (SSSR count). The minimum atomic E-state index is -3.73. The minimum absolute atomic E-state index is 0.0149. The van der Waals surface area contributed by atoms with Crippen LogP contribution in [0, 0.1) is 0 Å². The standard InChI is InChI=1S/C16H17NO4S/c1-12(14-7-9-15(10-8-14)22(17,19)20)16(18)21-11-13-5-3-2-4-6-13/h2-10,12H,11H2,1H3,(H2,17,19,20). The third-order valence-electron chi connectivity index (χ3n) is 3.29. The fourth-order valence-electron chi connectivity index (χ4n) is 1.94. The molecule has 0 fully saturated rings. The summed E-state index contributed by atoms with van der Waals surface area (Å²) in [6.07, 6.45) is 0. The van der Waals surface area contributed by atoms with E-state index in [1.54, 1.807) is 19.1 Å². The van der Waals surface area contributed by atoms with E-state index in [9.17, 15) is 13.2 Å². The van der Waals surface area contributed by atoms with Crippen molar-refractivity contribution < 1.29 is 17.9 Å². The number of esters is 1. The molecule has 0 spiro atoms.